The maximum atomic E-state index is 13.3. The number of aliphatic hydroxyl groups excluding tert-OH is 3. The van der Waals surface area contributed by atoms with Crippen molar-refractivity contribution in [2.45, 2.75) is 135 Å². The van der Waals surface area contributed by atoms with Crippen LogP contribution in [-0.2, 0) is 24.0 Å². The molecule has 5 N–H and O–H groups in total. The van der Waals surface area contributed by atoms with Gasteiger partial charge in [0.15, 0.2) is 23.1 Å². The maximum absolute atomic E-state index is 13.3. The van der Waals surface area contributed by atoms with Crippen LogP contribution >= 0.6 is 0 Å². The normalized spacial score (nSPS) is 49.1. The van der Waals surface area contributed by atoms with Crippen LogP contribution in [0.15, 0.2) is 23.3 Å². The van der Waals surface area contributed by atoms with E-state index in [2.05, 4.69) is 13.8 Å². The van der Waals surface area contributed by atoms with Crippen LogP contribution in [0.1, 0.15) is 118 Å². The number of hydrogen-bond acceptors (Lipinski definition) is 10. The number of aliphatic hydroxyl groups is 5. The number of carbonyl (C=O) groups is 5. The molecule has 0 radical (unpaired) electrons. The molecule has 10 heteroatoms. The molecule has 52 heavy (non-hydrogen) atoms. The van der Waals surface area contributed by atoms with E-state index in [0.717, 1.165) is 44.1 Å². The number of hydrogen-bond donors (Lipinski definition) is 5. The molecule has 8 rings (SSSR count). The van der Waals surface area contributed by atoms with E-state index in [9.17, 15) is 49.5 Å². The Hall–Kier alpha value is -2.37. The highest BCUT2D eigenvalue weighted by molar-refractivity contribution is 5.95. The molecule has 13 atom stereocenters. The molecular formula is C42H58O10. The average Bonchev–Trinajstić information content (AvgIpc) is 3.53. The minimum Gasteiger partial charge on any atom is -0.393 e. The van der Waals surface area contributed by atoms with Crippen LogP contribution < -0.4 is 0 Å². The number of carbonyl (C=O) groups excluding carboxylic acids is 5. The van der Waals surface area contributed by atoms with Crippen LogP contribution in [0.5, 0.6) is 0 Å². The number of ketones is 5. The fourth-order valence-corrected chi connectivity index (χ4v) is 14.3. The molecule has 8 aliphatic carbocycles. The Morgan fingerprint density at radius 3 is 1.71 bits per heavy atom. The van der Waals surface area contributed by atoms with E-state index in [4.69, 9.17) is 0 Å². The first kappa shape index (κ1) is 37.9. The molecule has 0 aliphatic heterocycles. The van der Waals surface area contributed by atoms with Crippen LogP contribution in [0.25, 0.3) is 0 Å². The van der Waals surface area contributed by atoms with Gasteiger partial charge in [0, 0.05) is 36.0 Å². The third kappa shape index (κ3) is 5.02. The van der Waals surface area contributed by atoms with Crippen molar-refractivity contribution >= 4 is 28.9 Å². The molecule has 0 bridgehead atoms. The maximum Gasteiger partial charge on any atom is 0.190 e. The first-order valence-corrected chi connectivity index (χ1v) is 19.8. The molecule has 286 valence electrons. The lowest BCUT2D eigenvalue weighted by molar-refractivity contribution is -0.182. The summed E-state index contributed by atoms with van der Waals surface area (Å²) in [6.07, 6.45) is 11.6. The van der Waals surface area contributed by atoms with Gasteiger partial charge in [0.25, 0.3) is 0 Å². The van der Waals surface area contributed by atoms with E-state index in [1.165, 1.54) is 5.57 Å². The van der Waals surface area contributed by atoms with Gasteiger partial charge in [0.2, 0.25) is 0 Å². The summed E-state index contributed by atoms with van der Waals surface area (Å²) in [4.78, 5) is 61.8. The summed E-state index contributed by atoms with van der Waals surface area (Å²) < 4.78 is 0. The van der Waals surface area contributed by atoms with Crippen molar-refractivity contribution in [2.24, 2.45) is 57.2 Å². The summed E-state index contributed by atoms with van der Waals surface area (Å²) in [6, 6.07) is 0. The van der Waals surface area contributed by atoms with Crippen LogP contribution in [0.3, 0.4) is 0 Å². The first-order chi connectivity index (χ1) is 24.3. The molecule has 0 aromatic carbocycles. The summed E-state index contributed by atoms with van der Waals surface area (Å²) in [5, 5.41) is 52.2. The standard InChI is InChI=1S/C21H30O5.C21H28O5/c2*1-19-7-5-13(23)9-12(19)3-4-14-15-6-8-21(26,17(25)11-22)20(15,2)10-16(24)18(14)19/h9,14-16,18,22,24,26H,3-8,10-11H2,1-2H3;9,14-15,18,22,26H,3-8,10-11H2,1-2H3/t14?,15?,16?,18?,19?,20?,21-;14?,15?,18?,19?,20?,21-/m00/s1. The predicted octanol–water partition coefficient (Wildman–Crippen LogP) is 3.77. The van der Waals surface area contributed by atoms with Crippen LogP contribution in [0.4, 0.5) is 0 Å². The minimum atomic E-state index is -1.60. The van der Waals surface area contributed by atoms with E-state index in [0.29, 0.717) is 44.9 Å². The highest BCUT2D eigenvalue weighted by Crippen LogP contribution is 2.69. The van der Waals surface area contributed by atoms with Gasteiger partial charge in [-0.25, -0.2) is 0 Å². The van der Waals surface area contributed by atoms with Gasteiger partial charge in [-0.15, -0.1) is 0 Å². The Bertz CT molecular complexity index is 1650. The van der Waals surface area contributed by atoms with Gasteiger partial charge in [-0.2, -0.15) is 0 Å². The monoisotopic (exact) mass is 722 g/mol. The molecule has 0 saturated heterocycles. The van der Waals surface area contributed by atoms with Crippen molar-refractivity contribution in [3.8, 4) is 0 Å². The van der Waals surface area contributed by atoms with E-state index >= 15 is 0 Å². The number of rotatable bonds is 4. The minimum absolute atomic E-state index is 0.0697. The number of allylic oxidation sites excluding steroid dienone is 2. The van der Waals surface area contributed by atoms with Crippen molar-refractivity contribution in [1.82, 2.24) is 0 Å². The van der Waals surface area contributed by atoms with E-state index in [1.807, 2.05) is 13.8 Å². The summed E-state index contributed by atoms with van der Waals surface area (Å²) in [5.74, 6) is -0.0325. The largest absolute Gasteiger partial charge is 0.393 e. The van der Waals surface area contributed by atoms with Gasteiger partial charge >= 0.3 is 0 Å². The van der Waals surface area contributed by atoms with Crippen LogP contribution in [0.2, 0.25) is 0 Å². The van der Waals surface area contributed by atoms with Crippen molar-refractivity contribution in [1.29, 1.82) is 0 Å². The lowest BCUT2D eigenvalue weighted by Gasteiger charge is -2.60. The third-order valence-electron chi connectivity index (χ3n) is 17.1. The Morgan fingerprint density at radius 1 is 0.673 bits per heavy atom. The number of Topliss-reactive ketones (excluding diaryl/α,β-unsaturated/α-hetero) is 3. The molecule has 11 unspecified atom stereocenters. The van der Waals surface area contributed by atoms with E-state index in [-0.39, 0.29) is 70.1 Å². The summed E-state index contributed by atoms with van der Waals surface area (Å²) in [5.41, 5.74) is -2.78. The first-order valence-electron chi connectivity index (χ1n) is 19.8. The fraction of sp³-hybridized carbons (Fsp3) is 0.786. The second kappa shape index (κ2) is 12.6. The molecule has 10 nitrogen and oxygen atoms in total. The van der Waals surface area contributed by atoms with Crippen molar-refractivity contribution in [3.63, 3.8) is 0 Å². The van der Waals surface area contributed by atoms with Crippen LogP contribution in [0, 0.1) is 57.2 Å². The smallest absolute Gasteiger partial charge is 0.190 e. The van der Waals surface area contributed by atoms with Crippen molar-refractivity contribution < 1.29 is 49.5 Å². The second-order valence-electron chi connectivity index (χ2n) is 18.9. The fourth-order valence-electron chi connectivity index (χ4n) is 14.3. The summed E-state index contributed by atoms with van der Waals surface area (Å²) >= 11 is 0. The molecule has 6 fully saturated rings. The van der Waals surface area contributed by atoms with Gasteiger partial charge in [0.1, 0.15) is 30.2 Å². The van der Waals surface area contributed by atoms with E-state index < -0.39 is 52.9 Å². The highest BCUT2D eigenvalue weighted by atomic mass is 16.3. The molecular weight excluding hydrogens is 664 g/mol. The number of fused-ring (bicyclic) bond motifs is 10. The topological polar surface area (TPSA) is 186 Å². The lowest BCUT2D eigenvalue weighted by Crippen LogP contribution is -2.62. The quantitative estimate of drug-likeness (QED) is 0.286. The SMILES string of the molecule is CC12CCC(=O)C=C1CCC1C2C(=O)CC2(C)C1CC[C@]2(O)C(=O)CO.CC12CCC(=O)C=C1CCC1C2C(O)CC2(C)C1CC[C@]2(O)C(=O)CO. The lowest BCUT2D eigenvalue weighted by atomic mass is 9.45. The summed E-state index contributed by atoms with van der Waals surface area (Å²) in [6.45, 7) is 6.76. The Morgan fingerprint density at radius 2 is 1.15 bits per heavy atom. The zero-order valence-corrected chi connectivity index (χ0v) is 31.3. The van der Waals surface area contributed by atoms with Gasteiger partial charge in [-0.05, 0) is 123 Å². The molecule has 0 spiro atoms. The zero-order chi connectivity index (χ0) is 37.8. The average molecular weight is 723 g/mol. The Labute approximate surface area is 306 Å². The van der Waals surface area contributed by atoms with Gasteiger partial charge in [-0.1, -0.05) is 38.8 Å². The molecule has 8 aliphatic rings. The Kier molecular flexibility index (Phi) is 9.18. The van der Waals surface area contributed by atoms with Gasteiger partial charge in [-0.3, -0.25) is 24.0 Å². The summed E-state index contributed by atoms with van der Waals surface area (Å²) in [7, 11) is 0. The van der Waals surface area contributed by atoms with Gasteiger partial charge in [0.05, 0.1) is 6.10 Å². The molecule has 0 heterocycles. The predicted molar refractivity (Wildman–Crippen MR) is 189 cm³/mol. The molecule has 0 aromatic rings. The van der Waals surface area contributed by atoms with E-state index in [1.54, 1.807) is 12.2 Å². The molecule has 0 aromatic heterocycles. The van der Waals surface area contributed by atoms with Crippen molar-refractivity contribution in [2.75, 3.05) is 13.2 Å². The van der Waals surface area contributed by atoms with Gasteiger partial charge < -0.3 is 25.5 Å². The molecule has 0 amide bonds. The third-order valence-corrected chi connectivity index (χ3v) is 17.1. The Balaban J connectivity index is 0.000000162. The van der Waals surface area contributed by atoms with Crippen LogP contribution in [-0.4, -0.2) is 85.0 Å². The molecule has 6 saturated carbocycles. The zero-order valence-electron chi connectivity index (χ0n) is 31.3. The van der Waals surface area contributed by atoms with Crippen molar-refractivity contribution in [3.05, 3.63) is 23.3 Å². The highest BCUT2D eigenvalue weighted by Gasteiger charge is 2.70. The second-order valence-corrected chi connectivity index (χ2v) is 18.9.